The van der Waals surface area contributed by atoms with Gasteiger partial charge in [0.15, 0.2) is 0 Å². The van der Waals surface area contributed by atoms with Crippen LogP contribution in [0.1, 0.15) is 19.3 Å². The Balaban J connectivity index is 1.66. The molecule has 0 bridgehead atoms. The zero-order chi connectivity index (χ0) is 16.5. The Morgan fingerprint density at radius 1 is 1.29 bits per heavy atom. The van der Waals surface area contributed by atoms with Crippen molar-refractivity contribution in [3.8, 4) is 17.1 Å². The molecule has 124 valence electrons. The fraction of sp³-hybridized carbons (Fsp3) is 0.333. The van der Waals surface area contributed by atoms with E-state index in [1.807, 2.05) is 40.9 Å². The SMILES string of the molecule is COc1ccn2c(-c3cccc(N[C@H]4CCC[C@@H]4F)n3)cnc2c1. The van der Waals surface area contributed by atoms with Gasteiger partial charge in [0, 0.05) is 12.3 Å². The van der Waals surface area contributed by atoms with Gasteiger partial charge in [-0.05, 0) is 37.5 Å². The number of rotatable bonds is 4. The molecule has 3 aromatic rings. The first-order valence-electron chi connectivity index (χ1n) is 8.14. The number of hydrogen-bond acceptors (Lipinski definition) is 4. The zero-order valence-corrected chi connectivity index (χ0v) is 13.4. The predicted molar refractivity (Wildman–Crippen MR) is 91.1 cm³/mol. The number of ether oxygens (including phenoxy) is 1. The van der Waals surface area contributed by atoms with Gasteiger partial charge in [-0.1, -0.05) is 6.07 Å². The average Bonchev–Trinajstić information content (AvgIpc) is 3.21. The molecule has 4 rings (SSSR count). The van der Waals surface area contributed by atoms with Gasteiger partial charge in [0.2, 0.25) is 0 Å². The summed E-state index contributed by atoms with van der Waals surface area (Å²) in [6.45, 7) is 0. The first kappa shape index (κ1) is 14.9. The number of imidazole rings is 1. The van der Waals surface area contributed by atoms with Crippen LogP contribution in [0.15, 0.2) is 42.7 Å². The molecule has 0 aromatic carbocycles. The molecule has 0 amide bonds. The highest BCUT2D eigenvalue weighted by molar-refractivity contribution is 5.62. The quantitative estimate of drug-likeness (QED) is 0.794. The molecule has 3 aromatic heterocycles. The van der Waals surface area contributed by atoms with Gasteiger partial charge in [0.25, 0.3) is 0 Å². The van der Waals surface area contributed by atoms with Crippen molar-refractivity contribution >= 4 is 11.5 Å². The van der Waals surface area contributed by atoms with Gasteiger partial charge in [-0.25, -0.2) is 14.4 Å². The van der Waals surface area contributed by atoms with E-state index in [1.165, 1.54) is 0 Å². The van der Waals surface area contributed by atoms with E-state index in [4.69, 9.17) is 4.74 Å². The summed E-state index contributed by atoms with van der Waals surface area (Å²) in [6, 6.07) is 9.35. The fourth-order valence-corrected chi connectivity index (χ4v) is 3.20. The lowest BCUT2D eigenvalue weighted by atomic mass is 10.2. The lowest BCUT2D eigenvalue weighted by molar-refractivity contribution is 0.323. The van der Waals surface area contributed by atoms with Crippen molar-refractivity contribution < 1.29 is 9.13 Å². The van der Waals surface area contributed by atoms with Gasteiger partial charge in [-0.15, -0.1) is 0 Å². The minimum absolute atomic E-state index is 0.140. The topological polar surface area (TPSA) is 51.5 Å². The van der Waals surface area contributed by atoms with Crippen LogP contribution >= 0.6 is 0 Å². The molecule has 1 aliphatic carbocycles. The second-order valence-electron chi connectivity index (χ2n) is 6.04. The van der Waals surface area contributed by atoms with E-state index < -0.39 is 6.17 Å². The van der Waals surface area contributed by atoms with Gasteiger partial charge in [-0.3, -0.25) is 4.40 Å². The molecule has 3 heterocycles. The number of alkyl halides is 1. The highest BCUT2D eigenvalue weighted by Crippen LogP contribution is 2.27. The maximum absolute atomic E-state index is 13.8. The largest absolute Gasteiger partial charge is 0.497 e. The first-order valence-corrected chi connectivity index (χ1v) is 8.14. The maximum Gasteiger partial charge on any atom is 0.140 e. The van der Waals surface area contributed by atoms with Crippen LogP contribution in [0.4, 0.5) is 10.2 Å². The summed E-state index contributed by atoms with van der Waals surface area (Å²) in [6.07, 6.45) is 5.31. The van der Waals surface area contributed by atoms with Crippen LogP contribution in [-0.4, -0.2) is 33.7 Å². The third kappa shape index (κ3) is 2.68. The number of aromatic nitrogens is 3. The van der Waals surface area contributed by atoms with Crippen LogP contribution in [0.5, 0.6) is 5.75 Å². The van der Waals surface area contributed by atoms with Crippen molar-refractivity contribution in [3.05, 3.63) is 42.7 Å². The Hall–Kier alpha value is -2.63. The third-order valence-electron chi connectivity index (χ3n) is 4.50. The summed E-state index contributed by atoms with van der Waals surface area (Å²) in [7, 11) is 1.63. The molecular weight excluding hydrogens is 307 g/mol. The molecular formula is C18H19FN4O. The minimum Gasteiger partial charge on any atom is -0.497 e. The van der Waals surface area contributed by atoms with Crippen LogP contribution in [0.25, 0.3) is 17.0 Å². The van der Waals surface area contributed by atoms with Crippen LogP contribution < -0.4 is 10.1 Å². The lowest BCUT2D eigenvalue weighted by Gasteiger charge is -2.16. The molecule has 5 nitrogen and oxygen atoms in total. The van der Waals surface area contributed by atoms with Crippen molar-refractivity contribution in [2.24, 2.45) is 0 Å². The van der Waals surface area contributed by atoms with E-state index in [0.717, 1.165) is 35.6 Å². The molecule has 0 saturated heterocycles. The molecule has 6 heteroatoms. The summed E-state index contributed by atoms with van der Waals surface area (Å²) in [4.78, 5) is 9.05. The van der Waals surface area contributed by atoms with E-state index in [1.54, 1.807) is 13.3 Å². The molecule has 0 spiro atoms. The van der Waals surface area contributed by atoms with Crippen molar-refractivity contribution in [1.82, 2.24) is 14.4 Å². The molecule has 0 unspecified atom stereocenters. The predicted octanol–water partition coefficient (Wildman–Crippen LogP) is 3.71. The minimum atomic E-state index is -0.793. The number of hydrogen-bond donors (Lipinski definition) is 1. The average molecular weight is 326 g/mol. The molecule has 1 saturated carbocycles. The smallest absolute Gasteiger partial charge is 0.140 e. The second kappa shape index (κ2) is 6.11. The molecule has 2 atom stereocenters. The molecule has 0 aliphatic heterocycles. The van der Waals surface area contributed by atoms with Crippen molar-refractivity contribution in [1.29, 1.82) is 0 Å². The Labute approximate surface area is 139 Å². The molecule has 1 fully saturated rings. The highest BCUT2D eigenvalue weighted by atomic mass is 19.1. The normalized spacial score (nSPS) is 20.4. The van der Waals surface area contributed by atoms with E-state index in [0.29, 0.717) is 12.2 Å². The Morgan fingerprint density at radius 3 is 3.00 bits per heavy atom. The maximum atomic E-state index is 13.8. The van der Waals surface area contributed by atoms with Crippen LogP contribution in [0, 0.1) is 0 Å². The van der Waals surface area contributed by atoms with E-state index in [-0.39, 0.29) is 6.04 Å². The number of nitrogens with one attached hydrogen (secondary N) is 1. The van der Waals surface area contributed by atoms with Crippen molar-refractivity contribution in [2.75, 3.05) is 12.4 Å². The van der Waals surface area contributed by atoms with Crippen molar-refractivity contribution in [3.63, 3.8) is 0 Å². The molecule has 24 heavy (non-hydrogen) atoms. The highest BCUT2D eigenvalue weighted by Gasteiger charge is 2.27. The van der Waals surface area contributed by atoms with Crippen LogP contribution in [0.2, 0.25) is 0 Å². The summed E-state index contributed by atoms with van der Waals surface area (Å²) < 4.78 is 21.0. The number of methoxy groups -OCH3 is 1. The first-order chi connectivity index (χ1) is 11.7. The summed E-state index contributed by atoms with van der Waals surface area (Å²) in [5, 5.41) is 3.22. The van der Waals surface area contributed by atoms with E-state index in [9.17, 15) is 4.39 Å². The summed E-state index contributed by atoms with van der Waals surface area (Å²) in [5.74, 6) is 1.46. The van der Waals surface area contributed by atoms with Crippen LogP contribution in [0.3, 0.4) is 0 Å². The number of anilines is 1. The van der Waals surface area contributed by atoms with Gasteiger partial charge >= 0.3 is 0 Å². The summed E-state index contributed by atoms with van der Waals surface area (Å²) >= 11 is 0. The van der Waals surface area contributed by atoms with Gasteiger partial charge in [0.1, 0.15) is 23.4 Å². The Morgan fingerprint density at radius 2 is 2.21 bits per heavy atom. The monoisotopic (exact) mass is 326 g/mol. The summed E-state index contributed by atoms with van der Waals surface area (Å²) in [5.41, 5.74) is 2.48. The third-order valence-corrected chi connectivity index (χ3v) is 4.50. The number of nitrogens with zero attached hydrogens (tertiary/aromatic N) is 3. The standard InChI is InChI=1S/C18H19FN4O/c1-24-12-8-9-23-16(11-20-18(23)10-12)15-6-3-7-17(22-15)21-14-5-2-4-13(14)19/h3,6-11,13-14H,2,4-5H2,1H3,(H,21,22)/t13-,14-/m0/s1. The fourth-order valence-electron chi connectivity index (χ4n) is 3.20. The Bertz CT molecular complexity index is 863. The molecule has 1 N–H and O–H groups in total. The van der Waals surface area contributed by atoms with Crippen LogP contribution in [-0.2, 0) is 0 Å². The number of halogens is 1. The number of fused-ring (bicyclic) bond motifs is 1. The lowest BCUT2D eigenvalue weighted by Crippen LogP contribution is -2.25. The Kier molecular flexibility index (Phi) is 3.80. The second-order valence-corrected chi connectivity index (χ2v) is 6.04. The van der Waals surface area contributed by atoms with Gasteiger partial charge in [0.05, 0.1) is 30.7 Å². The van der Waals surface area contributed by atoms with Gasteiger partial charge in [-0.2, -0.15) is 0 Å². The number of pyridine rings is 2. The molecule has 0 radical (unpaired) electrons. The van der Waals surface area contributed by atoms with E-state index in [2.05, 4.69) is 15.3 Å². The van der Waals surface area contributed by atoms with Crippen molar-refractivity contribution in [2.45, 2.75) is 31.5 Å². The van der Waals surface area contributed by atoms with E-state index >= 15 is 0 Å². The zero-order valence-electron chi connectivity index (χ0n) is 13.4. The molecule has 1 aliphatic rings. The van der Waals surface area contributed by atoms with Gasteiger partial charge < -0.3 is 10.1 Å².